The first-order valence-corrected chi connectivity index (χ1v) is 8.52. The number of nitrogens with zero attached hydrogens (tertiary/aromatic N) is 1. The molecule has 0 amide bonds. The Morgan fingerprint density at radius 3 is 2.71 bits per heavy atom. The van der Waals surface area contributed by atoms with Crippen LogP contribution < -0.4 is 15.4 Å². The first kappa shape index (κ1) is 20.3. The Hall–Kier alpha value is -1.79. The maximum Gasteiger partial charge on any atom is 0.191 e. The van der Waals surface area contributed by atoms with Crippen LogP contribution in [0.4, 0.5) is 0 Å². The highest BCUT2D eigenvalue weighted by atomic mass is 16.5. The summed E-state index contributed by atoms with van der Waals surface area (Å²) in [6.45, 7) is 6.47. The maximum atomic E-state index is 5.45. The van der Waals surface area contributed by atoms with Crippen molar-refractivity contribution < 1.29 is 14.2 Å². The second kappa shape index (κ2) is 13.6. The lowest BCUT2D eigenvalue weighted by Gasteiger charge is -2.11. The molecule has 0 aromatic heterocycles. The minimum atomic E-state index is 0.618. The molecule has 1 aromatic rings. The van der Waals surface area contributed by atoms with Crippen LogP contribution in [0, 0.1) is 0 Å². The molecule has 0 fully saturated rings. The number of hydrogen-bond donors (Lipinski definition) is 2. The van der Waals surface area contributed by atoms with Crippen LogP contribution >= 0.6 is 0 Å². The van der Waals surface area contributed by atoms with E-state index in [0.29, 0.717) is 19.8 Å². The molecule has 0 heterocycles. The predicted molar refractivity (Wildman–Crippen MR) is 97.7 cm³/mol. The van der Waals surface area contributed by atoms with Crippen molar-refractivity contribution in [3.63, 3.8) is 0 Å². The summed E-state index contributed by atoms with van der Waals surface area (Å²) in [7, 11) is 3.35. The highest BCUT2D eigenvalue weighted by Gasteiger charge is 1.99. The SMILES string of the molecule is CCNC(=NCc1cccc(OC)c1)NCCCCOCCOC. The molecule has 0 aliphatic rings. The third-order valence-electron chi connectivity index (χ3n) is 3.34. The molecule has 0 spiro atoms. The van der Waals surface area contributed by atoms with Gasteiger partial charge in [0.05, 0.1) is 26.9 Å². The Morgan fingerprint density at radius 2 is 1.96 bits per heavy atom. The molecule has 24 heavy (non-hydrogen) atoms. The van der Waals surface area contributed by atoms with Crippen molar-refractivity contribution in [1.82, 2.24) is 10.6 Å². The fourth-order valence-electron chi connectivity index (χ4n) is 2.06. The normalized spacial score (nSPS) is 11.4. The first-order valence-electron chi connectivity index (χ1n) is 8.52. The Kier molecular flexibility index (Phi) is 11.5. The lowest BCUT2D eigenvalue weighted by Crippen LogP contribution is -2.37. The highest BCUT2D eigenvalue weighted by molar-refractivity contribution is 5.79. The Morgan fingerprint density at radius 1 is 1.08 bits per heavy atom. The third-order valence-corrected chi connectivity index (χ3v) is 3.34. The monoisotopic (exact) mass is 337 g/mol. The molecule has 0 saturated heterocycles. The molecule has 6 nitrogen and oxygen atoms in total. The molecule has 1 rings (SSSR count). The quantitative estimate of drug-likeness (QED) is 0.348. The zero-order valence-corrected chi connectivity index (χ0v) is 15.1. The van der Waals surface area contributed by atoms with Crippen molar-refractivity contribution in [1.29, 1.82) is 0 Å². The van der Waals surface area contributed by atoms with Crippen molar-refractivity contribution in [3.05, 3.63) is 29.8 Å². The maximum absolute atomic E-state index is 5.45. The number of aliphatic imine (C=N–C) groups is 1. The molecular weight excluding hydrogens is 306 g/mol. The van der Waals surface area contributed by atoms with Crippen LogP contribution in [0.2, 0.25) is 0 Å². The fourth-order valence-corrected chi connectivity index (χ4v) is 2.06. The number of methoxy groups -OCH3 is 2. The van der Waals surface area contributed by atoms with Crippen molar-refractivity contribution in [2.45, 2.75) is 26.3 Å². The average Bonchev–Trinajstić information content (AvgIpc) is 2.62. The smallest absolute Gasteiger partial charge is 0.191 e. The topological polar surface area (TPSA) is 64.1 Å². The molecule has 0 aliphatic heterocycles. The fraction of sp³-hybridized carbons (Fsp3) is 0.611. The summed E-state index contributed by atoms with van der Waals surface area (Å²) < 4.78 is 15.6. The lowest BCUT2D eigenvalue weighted by molar-refractivity contribution is 0.0689. The van der Waals surface area contributed by atoms with Gasteiger partial charge in [-0.15, -0.1) is 0 Å². The minimum Gasteiger partial charge on any atom is -0.497 e. The molecule has 0 aliphatic carbocycles. The van der Waals surface area contributed by atoms with Gasteiger partial charge in [-0.25, -0.2) is 4.99 Å². The van der Waals surface area contributed by atoms with Gasteiger partial charge < -0.3 is 24.8 Å². The minimum absolute atomic E-state index is 0.618. The van der Waals surface area contributed by atoms with Crippen LogP contribution in [-0.2, 0) is 16.0 Å². The van der Waals surface area contributed by atoms with E-state index in [9.17, 15) is 0 Å². The second-order valence-electron chi connectivity index (χ2n) is 5.29. The van der Waals surface area contributed by atoms with E-state index in [1.165, 1.54) is 0 Å². The molecule has 0 saturated carbocycles. The third kappa shape index (κ3) is 9.37. The summed E-state index contributed by atoms with van der Waals surface area (Å²) in [6, 6.07) is 7.97. The molecule has 6 heteroatoms. The van der Waals surface area contributed by atoms with Gasteiger partial charge in [0, 0.05) is 26.8 Å². The van der Waals surface area contributed by atoms with Gasteiger partial charge in [0.1, 0.15) is 5.75 Å². The molecule has 136 valence electrons. The Bertz CT molecular complexity index is 467. The van der Waals surface area contributed by atoms with Crippen LogP contribution in [0.5, 0.6) is 5.75 Å². The molecular formula is C18H31N3O3. The summed E-state index contributed by atoms with van der Waals surface area (Å²) in [5.74, 6) is 1.69. The van der Waals surface area contributed by atoms with E-state index in [1.807, 2.05) is 24.3 Å². The van der Waals surface area contributed by atoms with Gasteiger partial charge in [0.15, 0.2) is 5.96 Å². The number of guanidine groups is 1. The van der Waals surface area contributed by atoms with Gasteiger partial charge in [-0.1, -0.05) is 12.1 Å². The molecule has 0 bridgehead atoms. The summed E-state index contributed by atoms with van der Waals surface area (Å²) in [5.41, 5.74) is 1.12. The van der Waals surface area contributed by atoms with E-state index in [4.69, 9.17) is 14.2 Å². The number of unbranched alkanes of at least 4 members (excludes halogenated alkanes) is 1. The number of benzene rings is 1. The summed E-state index contributed by atoms with van der Waals surface area (Å²) in [4.78, 5) is 4.61. The highest BCUT2D eigenvalue weighted by Crippen LogP contribution is 2.13. The van der Waals surface area contributed by atoms with E-state index in [0.717, 1.165) is 49.8 Å². The standard InChI is InChI=1S/C18H31N3O3/c1-4-19-18(20-10-5-6-11-24-13-12-22-2)21-15-16-8-7-9-17(14-16)23-3/h7-9,14H,4-6,10-13,15H2,1-3H3,(H2,19,20,21). The number of rotatable bonds is 12. The van der Waals surface area contributed by atoms with E-state index in [-0.39, 0.29) is 0 Å². The van der Waals surface area contributed by atoms with Crippen LogP contribution in [0.1, 0.15) is 25.3 Å². The first-order chi connectivity index (χ1) is 11.8. The van der Waals surface area contributed by atoms with Gasteiger partial charge in [0.2, 0.25) is 0 Å². The molecule has 0 unspecified atom stereocenters. The molecule has 0 radical (unpaired) electrons. The summed E-state index contributed by atoms with van der Waals surface area (Å²) >= 11 is 0. The van der Waals surface area contributed by atoms with Crippen LogP contribution in [-0.4, -0.2) is 53.1 Å². The Balaban J connectivity index is 2.29. The second-order valence-corrected chi connectivity index (χ2v) is 5.29. The summed E-state index contributed by atoms with van der Waals surface area (Å²) in [5, 5.41) is 6.61. The zero-order chi connectivity index (χ0) is 17.5. The predicted octanol–water partition coefficient (Wildman–Crippen LogP) is 2.19. The largest absolute Gasteiger partial charge is 0.497 e. The van der Waals surface area contributed by atoms with E-state index in [2.05, 4.69) is 22.5 Å². The number of hydrogen-bond acceptors (Lipinski definition) is 4. The number of nitrogens with one attached hydrogen (secondary N) is 2. The van der Waals surface area contributed by atoms with Crippen molar-refractivity contribution in [2.24, 2.45) is 4.99 Å². The van der Waals surface area contributed by atoms with Gasteiger partial charge >= 0.3 is 0 Å². The number of ether oxygens (including phenoxy) is 3. The van der Waals surface area contributed by atoms with Gasteiger partial charge in [-0.2, -0.15) is 0 Å². The van der Waals surface area contributed by atoms with Gasteiger partial charge in [-0.3, -0.25) is 0 Å². The van der Waals surface area contributed by atoms with E-state index < -0.39 is 0 Å². The average molecular weight is 337 g/mol. The summed E-state index contributed by atoms with van der Waals surface area (Å²) in [6.07, 6.45) is 2.06. The van der Waals surface area contributed by atoms with Crippen molar-refractivity contribution in [3.8, 4) is 5.75 Å². The Labute approximate surface area is 145 Å². The van der Waals surface area contributed by atoms with Gasteiger partial charge in [-0.05, 0) is 37.5 Å². The lowest BCUT2D eigenvalue weighted by atomic mass is 10.2. The van der Waals surface area contributed by atoms with Crippen LogP contribution in [0.25, 0.3) is 0 Å². The molecule has 1 aromatic carbocycles. The molecule has 2 N–H and O–H groups in total. The zero-order valence-electron chi connectivity index (χ0n) is 15.1. The van der Waals surface area contributed by atoms with Crippen LogP contribution in [0.15, 0.2) is 29.3 Å². The van der Waals surface area contributed by atoms with Crippen molar-refractivity contribution in [2.75, 3.05) is 47.1 Å². The van der Waals surface area contributed by atoms with Crippen LogP contribution in [0.3, 0.4) is 0 Å². The van der Waals surface area contributed by atoms with Crippen molar-refractivity contribution >= 4 is 5.96 Å². The molecule has 0 atom stereocenters. The van der Waals surface area contributed by atoms with E-state index >= 15 is 0 Å². The van der Waals surface area contributed by atoms with Gasteiger partial charge in [0.25, 0.3) is 0 Å². The van der Waals surface area contributed by atoms with E-state index in [1.54, 1.807) is 14.2 Å².